The second kappa shape index (κ2) is 9.31. The van der Waals surface area contributed by atoms with E-state index < -0.39 is 26.0 Å². The number of anilines is 1. The largest absolute Gasteiger partial charge is 0.326 e. The lowest BCUT2D eigenvalue weighted by Crippen LogP contribution is -2.48. The van der Waals surface area contributed by atoms with E-state index in [1.807, 2.05) is 0 Å². The van der Waals surface area contributed by atoms with Crippen LogP contribution in [0.15, 0.2) is 29.2 Å². The minimum absolute atomic E-state index is 0.168. The minimum atomic E-state index is -3.56. The topological polar surface area (TPSA) is 107 Å². The number of likely N-dealkylation sites (N-methyl/N-ethyl adjacent to an activating group) is 1. The number of nitrogens with zero attached hydrogens (tertiary/aromatic N) is 3. The first-order chi connectivity index (χ1) is 14.1. The van der Waals surface area contributed by atoms with Crippen molar-refractivity contribution in [2.24, 2.45) is 5.92 Å². The Morgan fingerprint density at radius 2 is 1.63 bits per heavy atom. The van der Waals surface area contributed by atoms with Gasteiger partial charge in [-0.1, -0.05) is 6.92 Å². The summed E-state index contributed by atoms with van der Waals surface area (Å²) in [5, 5.41) is 2.78. The molecule has 2 heterocycles. The molecule has 30 heavy (non-hydrogen) atoms. The van der Waals surface area contributed by atoms with Crippen molar-refractivity contribution in [3.8, 4) is 0 Å². The average molecular weight is 459 g/mol. The molecule has 0 saturated carbocycles. The summed E-state index contributed by atoms with van der Waals surface area (Å²) in [6, 6.07) is 6.15. The van der Waals surface area contributed by atoms with Gasteiger partial charge in [0.1, 0.15) is 0 Å². The summed E-state index contributed by atoms with van der Waals surface area (Å²) < 4.78 is 52.0. The van der Waals surface area contributed by atoms with E-state index >= 15 is 0 Å². The Morgan fingerprint density at radius 3 is 2.20 bits per heavy atom. The van der Waals surface area contributed by atoms with Crippen molar-refractivity contribution >= 4 is 31.6 Å². The van der Waals surface area contributed by atoms with Gasteiger partial charge in [0.2, 0.25) is 26.0 Å². The normalized spacial score (nSPS) is 22.7. The molecule has 0 aromatic heterocycles. The van der Waals surface area contributed by atoms with Gasteiger partial charge in [-0.25, -0.2) is 21.1 Å². The maximum Gasteiger partial charge on any atom is 0.243 e. The van der Waals surface area contributed by atoms with Gasteiger partial charge in [-0.2, -0.15) is 4.31 Å². The average Bonchev–Trinajstić information content (AvgIpc) is 2.73. The number of carbonyl (C=O) groups excluding carboxylic acids is 1. The lowest BCUT2D eigenvalue weighted by molar-refractivity contribution is -0.120. The van der Waals surface area contributed by atoms with Crippen molar-refractivity contribution in [3.63, 3.8) is 0 Å². The first-order valence-electron chi connectivity index (χ1n) is 10.2. The van der Waals surface area contributed by atoms with Crippen LogP contribution in [0.5, 0.6) is 0 Å². The van der Waals surface area contributed by atoms with Crippen molar-refractivity contribution in [2.75, 3.05) is 57.4 Å². The summed E-state index contributed by atoms with van der Waals surface area (Å²) in [5.41, 5.74) is 0.492. The Balaban J connectivity index is 1.62. The third kappa shape index (κ3) is 5.38. The summed E-state index contributed by atoms with van der Waals surface area (Å²) in [7, 11) is -6.89. The lowest BCUT2D eigenvalue weighted by atomic mass is 9.99. The van der Waals surface area contributed by atoms with Gasteiger partial charge >= 0.3 is 0 Å². The van der Waals surface area contributed by atoms with Crippen molar-refractivity contribution in [1.29, 1.82) is 0 Å². The quantitative estimate of drug-likeness (QED) is 0.670. The van der Waals surface area contributed by atoms with Gasteiger partial charge in [-0.15, -0.1) is 0 Å². The van der Waals surface area contributed by atoms with Crippen LogP contribution in [0.25, 0.3) is 0 Å². The molecule has 1 atom stereocenters. The van der Waals surface area contributed by atoms with Crippen LogP contribution in [0.4, 0.5) is 5.69 Å². The molecule has 1 amide bonds. The molecule has 168 valence electrons. The molecule has 1 N–H and O–H groups in total. The number of piperazine rings is 1. The Bertz CT molecular complexity index is 955. The zero-order valence-corrected chi connectivity index (χ0v) is 19.1. The summed E-state index contributed by atoms with van der Waals surface area (Å²) in [6.45, 7) is 5.93. The Morgan fingerprint density at radius 1 is 1.00 bits per heavy atom. The van der Waals surface area contributed by atoms with Crippen LogP contribution in [0.2, 0.25) is 0 Å². The molecular formula is C19H30N4O5S2. The van der Waals surface area contributed by atoms with Gasteiger partial charge in [0.25, 0.3) is 0 Å². The first kappa shape index (κ1) is 23.1. The second-order valence-corrected chi connectivity index (χ2v) is 11.7. The predicted octanol–water partition coefficient (Wildman–Crippen LogP) is 0.623. The van der Waals surface area contributed by atoms with Crippen LogP contribution in [0, 0.1) is 5.92 Å². The molecule has 1 aromatic rings. The van der Waals surface area contributed by atoms with E-state index in [-0.39, 0.29) is 17.3 Å². The fourth-order valence-corrected chi connectivity index (χ4v) is 6.18. The number of carbonyl (C=O) groups is 1. The third-order valence-corrected chi connectivity index (χ3v) is 8.94. The molecule has 1 unspecified atom stereocenters. The molecular weight excluding hydrogens is 428 g/mol. The number of sulfonamides is 2. The van der Waals surface area contributed by atoms with Crippen LogP contribution in [-0.4, -0.2) is 88.3 Å². The monoisotopic (exact) mass is 458 g/mol. The molecule has 2 aliphatic heterocycles. The summed E-state index contributed by atoms with van der Waals surface area (Å²) in [6.07, 6.45) is 2.40. The number of amides is 1. The fourth-order valence-electron chi connectivity index (χ4n) is 3.85. The van der Waals surface area contributed by atoms with E-state index in [9.17, 15) is 21.6 Å². The zero-order valence-electron chi connectivity index (χ0n) is 17.5. The molecule has 0 radical (unpaired) electrons. The Hall–Kier alpha value is -1.53. The van der Waals surface area contributed by atoms with E-state index in [2.05, 4.69) is 17.1 Å². The molecule has 0 aliphatic carbocycles. The van der Waals surface area contributed by atoms with Crippen LogP contribution < -0.4 is 5.32 Å². The van der Waals surface area contributed by atoms with Gasteiger partial charge < -0.3 is 10.2 Å². The molecule has 0 bridgehead atoms. The number of hydrogen-bond donors (Lipinski definition) is 1. The maximum absolute atomic E-state index is 12.9. The van der Waals surface area contributed by atoms with E-state index in [4.69, 9.17) is 0 Å². The molecule has 0 spiro atoms. The number of piperidine rings is 1. The van der Waals surface area contributed by atoms with Gasteiger partial charge in [0.05, 0.1) is 17.1 Å². The molecule has 9 nitrogen and oxygen atoms in total. The van der Waals surface area contributed by atoms with Crippen molar-refractivity contribution in [2.45, 2.75) is 24.7 Å². The van der Waals surface area contributed by atoms with Crippen molar-refractivity contribution in [1.82, 2.24) is 13.5 Å². The highest BCUT2D eigenvalue weighted by atomic mass is 32.2. The van der Waals surface area contributed by atoms with Crippen molar-refractivity contribution < 1.29 is 21.6 Å². The molecule has 1 aromatic carbocycles. The highest BCUT2D eigenvalue weighted by Gasteiger charge is 2.31. The van der Waals surface area contributed by atoms with Crippen LogP contribution in [0.1, 0.15) is 19.8 Å². The number of rotatable bonds is 6. The molecule has 3 rings (SSSR count). The minimum Gasteiger partial charge on any atom is -0.326 e. The first-order valence-corrected chi connectivity index (χ1v) is 13.5. The van der Waals surface area contributed by atoms with Gasteiger partial charge in [0.15, 0.2) is 0 Å². The summed E-state index contributed by atoms with van der Waals surface area (Å²) in [4.78, 5) is 15.0. The van der Waals surface area contributed by atoms with E-state index in [1.54, 1.807) is 12.1 Å². The number of nitrogens with one attached hydrogen (secondary N) is 1. The molecule has 2 fully saturated rings. The zero-order chi connectivity index (χ0) is 21.9. The van der Waals surface area contributed by atoms with E-state index in [0.717, 1.165) is 25.9 Å². The molecule has 2 saturated heterocycles. The summed E-state index contributed by atoms with van der Waals surface area (Å²) in [5.74, 6) is -0.679. The predicted molar refractivity (Wildman–Crippen MR) is 115 cm³/mol. The highest BCUT2D eigenvalue weighted by molar-refractivity contribution is 7.89. The Kier molecular flexibility index (Phi) is 7.18. The third-order valence-electron chi connectivity index (χ3n) is 5.76. The van der Waals surface area contributed by atoms with Gasteiger partial charge in [0, 0.05) is 45.0 Å². The van der Waals surface area contributed by atoms with Crippen LogP contribution >= 0.6 is 0 Å². The standard InChI is InChI=1S/C19H30N4O5S2/c1-3-21-11-13-22(14-12-21)30(27,28)18-8-6-17(7-9-18)20-19(24)16-5-4-10-23(15-16)29(2,25)26/h6-9,16H,3-5,10-15H2,1-2H3,(H,20,24). The molecule has 11 heteroatoms. The van der Waals surface area contributed by atoms with E-state index in [0.29, 0.717) is 38.2 Å². The number of hydrogen-bond acceptors (Lipinski definition) is 6. The molecule has 2 aliphatic rings. The second-order valence-electron chi connectivity index (χ2n) is 7.81. The SMILES string of the molecule is CCN1CCN(S(=O)(=O)c2ccc(NC(=O)C3CCCN(S(C)(=O)=O)C3)cc2)CC1. The maximum atomic E-state index is 12.9. The highest BCUT2D eigenvalue weighted by Crippen LogP contribution is 2.23. The van der Waals surface area contributed by atoms with E-state index in [1.165, 1.54) is 20.7 Å². The lowest BCUT2D eigenvalue weighted by Gasteiger charge is -2.33. The smallest absolute Gasteiger partial charge is 0.243 e. The van der Waals surface area contributed by atoms with Crippen LogP contribution in [0.3, 0.4) is 0 Å². The van der Waals surface area contributed by atoms with Gasteiger partial charge in [-0.05, 0) is 43.7 Å². The summed E-state index contributed by atoms with van der Waals surface area (Å²) >= 11 is 0. The Labute approximate surface area is 179 Å². The van der Waals surface area contributed by atoms with Gasteiger partial charge in [-0.3, -0.25) is 4.79 Å². The number of benzene rings is 1. The van der Waals surface area contributed by atoms with Crippen molar-refractivity contribution in [3.05, 3.63) is 24.3 Å². The fraction of sp³-hybridized carbons (Fsp3) is 0.632. The van der Waals surface area contributed by atoms with Crippen LogP contribution in [-0.2, 0) is 24.8 Å².